The fourth-order valence-electron chi connectivity index (χ4n) is 2.77. The first-order chi connectivity index (χ1) is 13.3. The molecule has 144 valence electrons. The molecule has 2 aromatic carbocycles. The molecule has 3 aromatic rings. The second-order valence-corrected chi connectivity index (χ2v) is 7.47. The predicted molar refractivity (Wildman–Crippen MR) is 112 cm³/mol. The Morgan fingerprint density at radius 2 is 1.61 bits per heavy atom. The quantitative estimate of drug-likeness (QED) is 0.602. The topological polar surface area (TPSA) is 91.8 Å². The number of carbonyl (C=O) groups is 1. The first-order valence-corrected chi connectivity index (χ1v) is 9.02. The third-order valence-electron chi connectivity index (χ3n) is 4.02. The van der Waals surface area contributed by atoms with Crippen molar-refractivity contribution in [3.05, 3.63) is 60.3 Å². The number of nitrogens with zero attached hydrogens (tertiary/aromatic N) is 3. The molecule has 0 radical (unpaired) electrons. The molecule has 1 amide bonds. The van der Waals surface area contributed by atoms with E-state index in [1.54, 1.807) is 18.3 Å². The number of anilines is 5. The molecule has 28 heavy (non-hydrogen) atoms. The number of benzene rings is 2. The molecule has 0 aliphatic heterocycles. The number of para-hydroxylation sites is 1. The molecular weight excluding hydrogens is 352 g/mol. The second-order valence-electron chi connectivity index (χ2n) is 7.47. The maximum atomic E-state index is 11.1. The van der Waals surface area contributed by atoms with E-state index in [0.29, 0.717) is 11.8 Å². The van der Waals surface area contributed by atoms with Gasteiger partial charge in [-0.3, -0.25) is 4.79 Å². The fraction of sp³-hybridized carbons (Fsp3) is 0.238. The van der Waals surface area contributed by atoms with E-state index in [1.807, 2.05) is 30.3 Å². The number of aromatic nitrogens is 3. The first-order valence-electron chi connectivity index (χ1n) is 9.02. The molecule has 7 nitrogen and oxygen atoms in total. The zero-order chi connectivity index (χ0) is 20.1. The monoisotopic (exact) mass is 376 g/mol. The number of rotatable bonds is 5. The van der Waals surface area contributed by atoms with Crippen molar-refractivity contribution in [3.8, 4) is 0 Å². The summed E-state index contributed by atoms with van der Waals surface area (Å²) in [5.41, 5.74) is 3.70. The maximum absolute atomic E-state index is 11.1. The number of amides is 1. The van der Waals surface area contributed by atoms with Crippen molar-refractivity contribution in [1.82, 2.24) is 15.2 Å². The van der Waals surface area contributed by atoms with Crippen molar-refractivity contribution in [2.45, 2.75) is 33.1 Å². The molecule has 0 bridgehead atoms. The molecule has 1 aromatic heterocycles. The Kier molecular flexibility index (Phi) is 5.54. The van der Waals surface area contributed by atoms with Crippen LogP contribution in [0.25, 0.3) is 0 Å². The fourth-order valence-corrected chi connectivity index (χ4v) is 2.77. The van der Waals surface area contributed by atoms with E-state index in [1.165, 1.54) is 12.5 Å². The Morgan fingerprint density at radius 3 is 2.29 bits per heavy atom. The molecule has 0 saturated carbocycles. The minimum absolute atomic E-state index is 0.000779. The van der Waals surface area contributed by atoms with Crippen molar-refractivity contribution in [2.75, 3.05) is 16.0 Å². The van der Waals surface area contributed by atoms with Crippen molar-refractivity contribution in [1.29, 1.82) is 0 Å². The van der Waals surface area contributed by atoms with Gasteiger partial charge in [0.05, 0.1) is 6.20 Å². The molecule has 3 rings (SSSR count). The molecule has 0 spiro atoms. The summed E-state index contributed by atoms with van der Waals surface area (Å²) in [7, 11) is 0. The highest BCUT2D eigenvalue weighted by atomic mass is 16.1. The summed E-state index contributed by atoms with van der Waals surface area (Å²) in [5, 5.41) is 17.2. The third-order valence-corrected chi connectivity index (χ3v) is 4.02. The van der Waals surface area contributed by atoms with Gasteiger partial charge in [0.1, 0.15) is 0 Å². The highest BCUT2D eigenvalue weighted by Gasteiger charge is 2.17. The van der Waals surface area contributed by atoms with E-state index >= 15 is 0 Å². The van der Waals surface area contributed by atoms with Crippen LogP contribution < -0.4 is 16.0 Å². The molecule has 0 aliphatic rings. The van der Waals surface area contributed by atoms with Crippen LogP contribution in [-0.2, 0) is 10.2 Å². The molecule has 7 heteroatoms. The predicted octanol–water partition coefficient (Wildman–Crippen LogP) is 4.61. The lowest BCUT2D eigenvalue weighted by Gasteiger charge is -2.23. The Morgan fingerprint density at radius 1 is 0.929 bits per heavy atom. The Labute approximate surface area is 164 Å². The average Bonchev–Trinajstić information content (AvgIpc) is 2.63. The van der Waals surface area contributed by atoms with E-state index in [9.17, 15) is 4.79 Å². The molecule has 0 unspecified atom stereocenters. The van der Waals surface area contributed by atoms with Crippen LogP contribution in [0.1, 0.15) is 33.3 Å². The van der Waals surface area contributed by atoms with Crippen molar-refractivity contribution in [2.24, 2.45) is 0 Å². The SMILES string of the molecule is CC(=O)Nc1ccc(Nc2nncc(Nc3ccccc3C(C)(C)C)n2)cc1. The lowest BCUT2D eigenvalue weighted by atomic mass is 9.86. The zero-order valence-electron chi connectivity index (χ0n) is 16.4. The van der Waals surface area contributed by atoms with Gasteiger partial charge in [0.2, 0.25) is 11.9 Å². The molecular formula is C21H24N6O. The van der Waals surface area contributed by atoms with E-state index in [2.05, 4.69) is 58.0 Å². The minimum Gasteiger partial charge on any atom is -0.339 e. The van der Waals surface area contributed by atoms with Gasteiger partial charge in [-0.05, 0) is 41.3 Å². The summed E-state index contributed by atoms with van der Waals surface area (Å²) < 4.78 is 0. The maximum Gasteiger partial charge on any atom is 0.249 e. The molecule has 0 aliphatic carbocycles. The highest BCUT2D eigenvalue weighted by molar-refractivity contribution is 5.88. The molecule has 1 heterocycles. The van der Waals surface area contributed by atoms with Crippen LogP contribution >= 0.6 is 0 Å². The summed E-state index contributed by atoms with van der Waals surface area (Å²) in [5.74, 6) is 0.872. The largest absolute Gasteiger partial charge is 0.339 e. The van der Waals surface area contributed by atoms with E-state index in [4.69, 9.17) is 0 Å². The van der Waals surface area contributed by atoms with Crippen LogP contribution in [0.5, 0.6) is 0 Å². The third kappa shape index (κ3) is 5.03. The van der Waals surface area contributed by atoms with Crippen molar-refractivity contribution in [3.63, 3.8) is 0 Å². The van der Waals surface area contributed by atoms with Crippen LogP contribution in [0, 0.1) is 0 Å². The number of hydrogen-bond donors (Lipinski definition) is 3. The van der Waals surface area contributed by atoms with Gasteiger partial charge < -0.3 is 16.0 Å². The number of nitrogens with one attached hydrogen (secondary N) is 3. The van der Waals surface area contributed by atoms with E-state index in [0.717, 1.165) is 17.1 Å². The van der Waals surface area contributed by atoms with Crippen molar-refractivity contribution >= 4 is 34.7 Å². The number of carbonyl (C=O) groups excluding carboxylic acids is 1. The molecule has 0 atom stereocenters. The van der Waals surface area contributed by atoms with Crippen LogP contribution in [0.4, 0.5) is 28.8 Å². The van der Waals surface area contributed by atoms with Gasteiger partial charge in [0, 0.05) is 24.0 Å². The Bertz CT molecular complexity index is 963. The van der Waals surface area contributed by atoms with Crippen LogP contribution in [0.15, 0.2) is 54.7 Å². The van der Waals surface area contributed by atoms with Crippen LogP contribution in [-0.4, -0.2) is 21.1 Å². The lowest BCUT2D eigenvalue weighted by Crippen LogP contribution is -2.14. The van der Waals surface area contributed by atoms with Gasteiger partial charge in [-0.2, -0.15) is 10.1 Å². The second kappa shape index (κ2) is 8.04. The van der Waals surface area contributed by atoms with Gasteiger partial charge in [-0.15, -0.1) is 5.10 Å². The van der Waals surface area contributed by atoms with Crippen molar-refractivity contribution < 1.29 is 4.79 Å². The normalized spacial score (nSPS) is 11.0. The summed E-state index contributed by atoms with van der Waals surface area (Å²) in [6.45, 7) is 7.98. The smallest absolute Gasteiger partial charge is 0.249 e. The minimum atomic E-state index is -0.109. The number of hydrogen-bond acceptors (Lipinski definition) is 6. The standard InChI is InChI=1S/C21H24N6O/c1-14(28)23-15-9-11-16(12-10-15)24-20-26-19(13-22-27-20)25-18-8-6-5-7-17(18)21(2,3)4/h5-13H,1-4H3,(H,23,28)(H2,24,25,26,27). The Hall–Kier alpha value is -3.48. The zero-order valence-corrected chi connectivity index (χ0v) is 16.4. The van der Waals surface area contributed by atoms with Gasteiger partial charge in [0.15, 0.2) is 5.82 Å². The molecule has 0 fully saturated rings. The molecule has 3 N–H and O–H groups in total. The summed E-state index contributed by atoms with van der Waals surface area (Å²) in [6, 6.07) is 15.4. The van der Waals surface area contributed by atoms with Crippen LogP contribution in [0.2, 0.25) is 0 Å². The highest BCUT2D eigenvalue weighted by Crippen LogP contribution is 2.30. The molecule has 0 saturated heterocycles. The summed E-state index contributed by atoms with van der Waals surface area (Å²) in [4.78, 5) is 15.6. The van der Waals surface area contributed by atoms with Gasteiger partial charge in [-0.25, -0.2) is 0 Å². The van der Waals surface area contributed by atoms with Gasteiger partial charge in [-0.1, -0.05) is 39.0 Å². The lowest BCUT2D eigenvalue weighted by molar-refractivity contribution is -0.114. The summed E-state index contributed by atoms with van der Waals surface area (Å²) >= 11 is 0. The van der Waals surface area contributed by atoms with E-state index in [-0.39, 0.29) is 11.3 Å². The van der Waals surface area contributed by atoms with Gasteiger partial charge >= 0.3 is 0 Å². The van der Waals surface area contributed by atoms with E-state index < -0.39 is 0 Å². The van der Waals surface area contributed by atoms with Crippen LogP contribution in [0.3, 0.4) is 0 Å². The van der Waals surface area contributed by atoms with Gasteiger partial charge in [0.25, 0.3) is 0 Å². The Balaban J connectivity index is 1.76. The first kappa shape index (κ1) is 19.3. The summed E-state index contributed by atoms with van der Waals surface area (Å²) in [6.07, 6.45) is 1.59. The average molecular weight is 376 g/mol.